The van der Waals surface area contributed by atoms with Gasteiger partial charge in [-0.2, -0.15) is 0 Å². The summed E-state index contributed by atoms with van der Waals surface area (Å²) in [6, 6.07) is 16.2. The lowest BCUT2D eigenvalue weighted by Gasteiger charge is -2.02. The van der Waals surface area contributed by atoms with Crippen molar-refractivity contribution >= 4 is 5.97 Å². The van der Waals surface area contributed by atoms with Gasteiger partial charge < -0.3 is 14.0 Å². The quantitative estimate of drug-likeness (QED) is 0.518. The average Bonchev–Trinajstić information content (AvgIpc) is 3.06. The summed E-state index contributed by atoms with van der Waals surface area (Å²) < 4.78 is 15.9. The number of hydrogen-bond acceptors (Lipinski definition) is 5. The molecule has 2 aromatic carbocycles. The summed E-state index contributed by atoms with van der Waals surface area (Å²) in [5.41, 5.74) is 1.94. The fourth-order valence-corrected chi connectivity index (χ4v) is 2.23. The molecule has 0 radical (unpaired) electrons. The number of nitrogens with zero attached hydrogens (tertiary/aromatic N) is 1. The van der Waals surface area contributed by atoms with E-state index in [0.717, 1.165) is 16.9 Å². The van der Waals surface area contributed by atoms with Crippen LogP contribution < -0.4 is 9.47 Å². The highest BCUT2D eigenvalue weighted by atomic mass is 16.5. The molecular weight excluding hydrogens is 306 g/mol. The van der Waals surface area contributed by atoms with Gasteiger partial charge in [0.1, 0.15) is 11.5 Å². The van der Waals surface area contributed by atoms with Gasteiger partial charge in [-0.3, -0.25) is 0 Å². The number of esters is 1. The van der Waals surface area contributed by atoms with Crippen molar-refractivity contribution in [1.82, 2.24) is 5.16 Å². The summed E-state index contributed by atoms with van der Waals surface area (Å²) in [5.74, 6) is 1.20. The van der Waals surface area contributed by atoms with E-state index >= 15 is 0 Å². The molecule has 0 saturated heterocycles. The fourth-order valence-electron chi connectivity index (χ4n) is 2.23. The van der Waals surface area contributed by atoms with E-state index in [1.165, 1.54) is 0 Å². The van der Waals surface area contributed by atoms with Crippen molar-refractivity contribution in [2.75, 3.05) is 6.61 Å². The van der Waals surface area contributed by atoms with Gasteiger partial charge in [0.2, 0.25) is 0 Å². The molecule has 1 aromatic heterocycles. The maximum absolute atomic E-state index is 12.1. The Morgan fingerprint density at radius 1 is 1.08 bits per heavy atom. The predicted molar refractivity (Wildman–Crippen MR) is 89.2 cm³/mol. The highest BCUT2D eigenvalue weighted by Gasteiger charge is 2.16. The largest absolute Gasteiger partial charge is 0.494 e. The topological polar surface area (TPSA) is 61.6 Å². The van der Waals surface area contributed by atoms with Gasteiger partial charge in [0.15, 0.2) is 11.5 Å². The third-order valence-corrected chi connectivity index (χ3v) is 3.37. The second-order valence-corrected chi connectivity index (χ2v) is 5.24. The third kappa shape index (κ3) is 3.63. The van der Waals surface area contributed by atoms with Gasteiger partial charge in [-0.05, 0) is 55.8 Å². The van der Waals surface area contributed by atoms with Crippen molar-refractivity contribution in [2.45, 2.75) is 13.8 Å². The summed E-state index contributed by atoms with van der Waals surface area (Å²) in [7, 11) is 0. The Morgan fingerprint density at radius 3 is 2.58 bits per heavy atom. The highest BCUT2D eigenvalue weighted by molar-refractivity contribution is 5.90. The van der Waals surface area contributed by atoms with E-state index in [9.17, 15) is 4.79 Å². The van der Waals surface area contributed by atoms with Gasteiger partial charge in [0.25, 0.3) is 0 Å². The van der Waals surface area contributed by atoms with Crippen LogP contribution in [0.4, 0.5) is 0 Å². The first kappa shape index (κ1) is 15.8. The lowest BCUT2D eigenvalue weighted by atomic mass is 10.1. The summed E-state index contributed by atoms with van der Waals surface area (Å²) in [6.45, 7) is 4.46. The molecule has 5 nitrogen and oxygen atoms in total. The SMILES string of the molecule is CCOc1ccc(-c2cc(C(=O)Oc3cccc(C)c3)no2)cc1. The Bertz CT molecular complexity index is 837. The van der Waals surface area contributed by atoms with Crippen LogP contribution >= 0.6 is 0 Å². The van der Waals surface area contributed by atoms with Crippen molar-refractivity contribution in [3.63, 3.8) is 0 Å². The molecule has 24 heavy (non-hydrogen) atoms. The fraction of sp³-hybridized carbons (Fsp3) is 0.158. The van der Waals surface area contributed by atoms with E-state index in [-0.39, 0.29) is 5.69 Å². The first-order valence-electron chi connectivity index (χ1n) is 7.64. The van der Waals surface area contributed by atoms with Gasteiger partial charge in [0.05, 0.1) is 6.61 Å². The van der Waals surface area contributed by atoms with E-state index in [4.69, 9.17) is 14.0 Å². The molecule has 0 spiro atoms. The Kier molecular flexibility index (Phi) is 4.61. The zero-order valence-electron chi connectivity index (χ0n) is 13.5. The van der Waals surface area contributed by atoms with Crippen LogP contribution in [-0.4, -0.2) is 17.7 Å². The molecule has 0 atom stereocenters. The van der Waals surface area contributed by atoms with E-state index in [1.807, 2.05) is 50.2 Å². The molecule has 3 aromatic rings. The molecule has 0 unspecified atom stereocenters. The van der Waals surface area contributed by atoms with Crippen molar-refractivity contribution in [3.8, 4) is 22.8 Å². The van der Waals surface area contributed by atoms with Crippen LogP contribution in [0.15, 0.2) is 59.1 Å². The number of benzene rings is 2. The van der Waals surface area contributed by atoms with Gasteiger partial charge in [0, 0.05) is 11.6 Å². The van der Waals surface area contributed by atoms with E-state index < -0.39 is 5.97 Å². The Morgan fingerprint density at radius 2 is 1.88 bits per heavy atom. The molecule has 0 aliphatic carbocycles. The lowest BCUT2D eigenvalue weighted by Crippen LogP contribution is -2.08. The second-order valence-electron chi connectivity index (χ2n) is 5.24. The smallest absolute Gasteiger partial charge is 0.365 e. The number of aryl methyl sites for hydroxylation is 1. The molecule has 0 amide bonds. The highest BCUT2D eigenvalue weighted by Crippen LogP contribution is 2.24. The van der Waals surface area contributed by atoms with Gasteiger partial charge >= 0.3 is 5.97 Å². The molecule has 0 aliphatic heterocycles. The maximum atomic E-state index is 12.1. The van der Waals surface area contributed by atoms with Gasteiger partial charge in [-0.15, -0.1) is 0 Å². The summed E-state index contributed by atoms with van der Waals surface area (Å²) in [6.07, 6.45) is 0. The normalized spacial score (nSPS) is 10.4. The Balaban J connectivity index is 1.73. The Labute approximate surface area is 139 Å². The van der Waals surface area contributed by atoms with Crippen LogP contribution in [0.1, 0.15) is 23.0 Å². The zero-order chi connectivity index (χ0) is 16.9. The summed E-state index contributed by atoms with van der Waals surface area (Å²) in [5, 5.41) is 3.79. The van der Waals surface area contributed by atoms with E-state index in [2.05, 4.69) is 5.16 Å². The van der Waals surface area contributed by atoms with Crippen LogP contribution in [0.25, 0.3) is 11.3 Å². The molecule has 5 heteroatoms. The summed E-state index contributed by atoms with van der Waals surface area (Å²) in [4.78, 5) is 12.1. The second kappa shape index (κ2) is 7.00. The number of ether oxygens (including phenoxy) is 2. The molecule has 0 fully saturated rings. The molecule has 0 saturated carbocycles. The maximum Gasteiger partial charge on any atom is 0.365 e. The monoisotopic (exact) mass is 323 g/mol. The van der Waals surface area contributed by atoms with Crippen molar-refractivity contribution in [2.24, 2.45) is 0 Å². The van der Waals surface area contributed by atoms with Crippen LogP contribution in [0.5, 0.6) is 11.5 Å². The first-order valence-corrected chi connectivity index (χ1v) is 7.64. The summed E-state index contributed by atoms with van der Waals surface area (Å²) >= 11 is 0. The molecular formula is C19H17NO4. The van der Waals surface area contributed by atoms with Crippen LogP contribution in [-0.2, 0) is 0 Å². The minimum atomic E-state index is -0.554. The Hall–Kier alpha value is -3.08. The third-order valence-electron chi connectivity index (χ3n) is 3.37. The van der Waals surface area contributed by atoms with E-state index in [0.29, 0.717) is 18.1 Å². The molecule has 3 rings (SSSR count). The average molecular weight is 323 g/mol. The molecule has 0 N–H and O–H groups in total. The van der Waals surface area contributed by atoms with Crippen molar-refractivity contribution in [3.05, 3.63) is 65.9 Å². The predicted octanol–water partition coefficient (Wildman–Crippen LogP) is 4.27. The first-order chi connectivity index (χ1) is 11.7. The zero-order valence-corrected chi connectivity index (χ0v) is 13.5. The number of aromatic nitrogens is 1. The van der Waals surface area contributed by atoms with Crippen molar-refractivity contribution in [1.29, 1.82) is 0 Å². The lowest BCUT2D eigenvalue weighted by molar-refractivity contribution is 0.0724. The van der Waals surface area contributed by atoms with Gasteiger partial charge in [-0.1, -0.05) is 17.3 Å². The van der Waals surface area contributed by atoms with Crippen LogP contribution in [0.3, 0.4) is 0 Å². The molecule has 0 aliphatic rings. The van der Waals surface area contributed by atoms with Gasteiger partial charge in [-0.25, -0.2) is 4.79 Å². The van der Waals surface area contributed by atoms with E-state index in [1.54, 1.807) is 18.2 Å². The minimum absolute atomic E-state index is 0.125. The minimum Gasteiger partial charge on any atom is -0.494 e. The number of rotatable bonds is 5. The molecule has 0 bridgehead atoms. The molecule has 1 heterocycles. The standard InChI is InChI=1S/C19H17NO4/c1-3-22-15-9-7-14(8-10-15)18-12-17(20-24-18)19(21)23-16-6-4-5-13(2)11-16/h4-12H,3H2,1-2H3. The van der Waals surface area contributed by atoms with Crippen LogP contribution in [0, 0.1) is 6.92 Å². The molecule has 122 valence electrons. The number of carbonyl (C=O) groups is 1. The van der Waals surface area contributed by atoms with Crippen molar-refractivity contribution < 1.29 is 18.8 Å². The van der Waals surface area contributed by atoms with Crippen LogP contribution in [0.2, 0.25) is 0 Å². The number of carbonyl (C=O) groups excluding carboxylic acids is 1. The number of hydrogen-bond donors (Lipinski definition) is 0.